The number of hydrogen-bond donors (Lipinski definition) is 0. The van der Waals surface area contributed by atoms with Gasteiger partial charge in [0, 0.05) is 18.5 Å². The van der Waals surface area contributed by atoms with E-state index < -0.39 is 0 Å². The second kappa shape index (κ2) is 4.85. The Morgan fingerprint density at radius 1 is 1.28 bits per heavy atom. The van der Waals surface area contributed by atoms with E-state index in [1.807, 2.05) is 0 Å². The van der Waals surface area contributed by atoms with Gasteiger partial charge < -0.3 is 0 Å². The molecule has 2 rings (SSSR count). The number of hydrogen-bond acceptors (Lipinski definition) is 2. The summed E-state index contributed by atoms with van der Waals surface area (Å²) in [5, 5.41) is 0. The van der Waals surface area contributed by atoms with Gasteiger partial charge in [-0.2, -0.15) is 0 Å². The standard InChI is InChI=1S/C16H23NO/c1-12-5-6-13(2)14(9-12)10-17-11-15(18)7-8-16(17,3)4/h5-6,9H,7-8,10-11H2,1-4H3. The van der Waals surface area contributed by atoms with Crippen molar-refractivity contribution in [3.63, 3.8) is 0 Å². The Hall–Kier alpha value is -1.15. The molecule has 0 atom stereocenters. The molecule has 0 amide bonds. The normalized spacial score (nSPS) is 20.1. The average Bonchev–Trinajstić information content (AvgIpc) is 2.29. The van der Waals surface area contributed by atoms with Crippen LogP contribution in [0.15, 0.2) is 18.2 Å². The fourth-order valence-electron chi connectivity index (χ4n) is 2.56. The summed E-state index contributed by atoms with van der Waals surface area (Å²) in [5.74, 6) is 0.375. The van der Waals surface area contributed by atoms with Gasteiger partial charge in [-0.05, 0) is 45.2 Å². The summed E-state index contributed by atoms with van der Waals surface area (Å²) in [6.45, 7) is 10.2. The van der Waals surface area contributed by atoms with Crippen LogP contribution in [0, 0.1) is 13.8 Å². The van der Waals surface area contributed by atoms with Crippen molar-refractivity contribution < 1.29 is 4.79 Å². The first kappa shape index (κ1) is 13.3. The van der Waals surface area contributed by atoms with Gasteiger partial charge in [0.05, 0.1) is 6.54 Å². The lowest BCUT2D eigenvalue weighted by molar-refractivity contribution is -0.126. The van der Waals surface area contributed by atoms with Crippen molar-refractivity contribution in [2.24, 2.45) is 0 Å². The molecule has 1 aliphatic heterocycles. The Kier molecular flexibility index (Phi) is 3.58. The van der Waals surface area contributed by atoms with Crippen LogP contribution in [0.25, 0.3) is 0 Å². The Balaban J connectivity index is 2.21. The van der Waals surface area contributed by atoms with E-state index >= 15 is 0 Å². The van der Waals surface area contributed by atoms with E-state index in [2.05, 4.69) is 50.8 Å². The zero-order chi connectivity index (χ0) is 13.3. The van der Waals surface area contributed by atoms with Crippen LogP contribution in [0.2, 0.25) is 0 Å². The minimum absolute atomic E-state index is 0.129. The number of ketones is 1. The van der Waals surface area contributed by atoms with Crippen molar-refractivity contribution in [3.05, 3.63) is 34.9 Å². The van der Waals surface area contributed by atoms with Crippen LogP contribution in [0.3, 0.4) is 0 Å². The highest BCUT2D eigenvalue weighted by atomic mass is 16.1. The van der Waals surface area contributed by atoms with Crippen molar-refractivity contribution in [2.45, 2.75) is 52.6 Å². The smallest absolute Gasteiger partial charge is 0.146 e. The number of rotatable bonds is 2. The molecule has 2 heteroatoms. The van der Waals surface area contributed by atoms with Crippen molar-refractivity contribution in [1.29, 1.82) is 0 Å². The minimum atomic E-state index is 0.129. The van der Waals surface area contributed by atoms with E-state index in [-0.39, 0.29) is 5.54 Å². The summed E-state index contributed by atoms with van der Waals surface area (Å²) in [4.78, 5) is 14.0. The number of nitrogens with zero attached hydrogens (tertiary/aromatic N) is 1. The molecule has 1 fully saturated rings. The summed E-state index contributed by atoms with van der Waals surface area (Å²) in [6.07, 6.45) is 1.70. The number of piperidine rings is 1. The van der Waals surface area contributed by atoms with Crippen LogP contribution in [0.1, 0.15) is 43.4 Å². The predicted octanol–water partition coefficient (Wildman–Crippen LogP) is 3.25. The quantitative estimate of drug-likeness (QED) is 0.797. The molecule has 2 nitrogen and oxygen atoms in total. The van der Waals surface area contributed by atoms with Crippen molar-refractivity contribution in [1.82, 2.24) is 4.90 Å². The third-order valence-electron chi connectivity index (χ3n) is 4.10. The van der Waals surface area contributed by atoms with Crippen molar-refractivity contribution >= 4 is 5.78 Å². The zero-order valence-electron chi connectivity index (χ0n) is 11.9. The third kappa shape index (κ3) is 2.81. The van der Waals surface area contributed by atoms with Gasteiger partial charge in [-0.3, -0.25) is 9.69 Å². The SMILES string of the molecule is Cc1ccc(C)c(CN2CC(=O)CCC2(C)C)c1. The molecule has 1 aromatic carbocycles. The maximum atomic E-state index is 11.7. The highest BCUT2D eigenvalue weighted by molar-refractivity contribution is 5.81. The third-order valence-corrected chi connectivity index (χ3v) is 4.10. The lowest BCUT2D eigenvalue weighted by Crippen LogP contribution is -2.50. The summed E-state index contributed by atoms with van der Waals surface area (Å²) >= 11 is 0. The van der Waals surface area contributed by atoms with Crippen LogP contribution in [-0.2, 0) is 11.3 Å². The zero-order valence-corrected chi connectivity index (χ0v) is 11.9. The van der Waals surface area contributed by atoms with E-state index in [4.69, 9.17) is 0 Å². The number of carbonyl (C=O) groups excluding carboxylic acids is 1. The number of aryl methyl sites for hydroxylation is 2. The molecular formula is C16H23NO. The summed E-state index contributed by atoms with van der Waals surface area (Å²) in [5.41, 5.74) is 4.08. The summed E-state index contributed by atoms with van der Waals surface area (Å²) in [7, 11) is 0. The van der Waals surface area contributed by atoms with Crippen molar-refractivity contribution in [3.8, 4) is 0 Å². The topological polar surface area (TPSA) is 20.3 Å². The molecule has 1 aliphatic rings. The van der Waals surface area contributed by atoms with E-state index in [9.17, 15) is 4.79 Å². The molecule has 1 aromatic rings. The molecule has 0 aromatic heterocycles. The second-order valence-corrected chi connectivity index (χ2v) is 6.14. The molecule has 0 radical (unpaired) electrons. The fourth-order valence-corrected chi connectivity index (χ4v) is 2.56. The molecule has 0 unspecified atom stereocenters. The van der Waals surface area contributed by atoms with Gasteiger partial charge in [-0.1, -0.05) is 23.8 Å². The largest absolute Gasteiger partial charge is 0.298 e. The first-order valence-corrected chi connectivity index (χ1v) is 6.71. The van der Waals surface area contributed by atoms with Crippen LogP contribution >= 0.6 is 0 Å². The van der Waals surface area contributed by atoms with Gasteiger partial charge in [0.25, 0.3) is 0 Å². The molecule has 1 saturated heterocycles. The Morgan fingerprint density at radius 2 is 2.00 bits per heavy atom. The monoisotopic (exact) mass is 245 g/mol. The fraction of sp³-hybridized carbons (Fsp3) is 0.562. The summed E-state index contributed by atoms with van der Waals surface area (Å²) < 4.78 is 0. The van der Waals surface area contributed by atoms with Gasteiger partial charge in [-0.15, -0.1) is 0 Å². The van der Waals surface area contributed by atoms with Crippen LogP contribution < -0.4 is 0 Å². The van der Waals surface area contributed by atoms with Gasteiger partial charge >= 0.3 is 0 Å². The molecule has 0 spiro atoms. The van der Waals surface area contributed by atoms with Crippen LogP contribution in [0.4, 0.5) is 0 Å². The predicted molar refractivity (Wildman–Crippen MR) is 74.6 cm³/mol. The Bertz CT molecular complexity index is 462. The molecule has 0 bridgehead atoms. The number of carbonyl (C=O) groups is 1. The Morgan fingerprint density at radius 3 is 2.72 bits per heavy atom. The molecule has 0 N–H and O–H groups in total. The lowest BCUT2D eigenvalue weighted by Gasteiger charge is -2.42. The van der Waals surface area contributed by atoms with E-state index in [1.54, 1.807) is 0 Å². The van der Waals surface area contributed by atoms with Gasteiger partial charge in [0.2, 0.25) is 0 Å². The molecule has 98 valence electrons. The molecule has 0 saturated carbocycles. The van der Waals surface area contributed by atoms with Gasteiger partial charge in [0.1, 0.15) is 5.78 Å². The first-order chi connectivity index (χ1) is 8.38. The van der Waals surface area contributed by atoms with Gasteiger partial charge in [0.15, 0.2) is 0 Å². The molecule has 0 aliphatic carbocycles. The summed E-state index contributed by atoms with van der Waals surface area (Å²) in [6, 6.07) is 6.55. The minimum Gasteiger partial charge on any atom is -0.298 e. The lowest BCUT2D eigenvalue weighted by atomic mass is 9.89. The average molecular weight is 245 g/mol. The van der Waals surface area contributed by atoms with E-state index in [0.717, 1.165) is 19.4 Å². The van der Waals surface area contributed by atoms with Gasteiger partial charge in [-0.25, -0.2) is 0 Å². The number of benzene rings is 1. The van der Waals surface area contributed by atoms with Crippen LogP contribution in [0.5, 0.6) is 0 Å². The van der Waals surface area contributed by atoms with E-state index in [0.29, 0.717) is 12.3 Å². The maximum Gasteiger partial charge on any atom is 0.146 e. The molecule has 1 heterocycles. The first-order valence-electron chi connectivity index (χ1n) is 6.71. The van der Waals surface area contributed by atoms with Crippen LogP contribution in [-0.4, -0.2) is 22.8 Å². The highest BCUT2D eigenvalue weighted by Gasteiger charge is 2.33. The maximum absolute atomic E-state index is 11.7. The second-order valence-electron chi connectivity index (χ2n) is 6.14. The molecule has 18 heavy (non-hydrogen) atoms. The number of likely N-dealkylation sites (tertiary alicyclic amines) is 1. The van der Waals surface area contributed by atoms with E-state index in [1.165, 1.54) is 16.7 Å². The Labute approximate surface area is 110 Å². The highest BCUT2D eigenvalue weighted by Crippen LogP contribution is 2.28. The number of Topliss-reactive ketones (excluding diaryl/α,β-unsaturated/α-hetero) is 1. The van der Waals surface area contributed by atoms with Crippen molar-refractivity contribution in [2.75, 3.05) is 6.54 Å². The molecular weight excluding hydrogens is 222 g/mol.